The molecule has 23 heavy (non-hydrogen) atoms. The van der Waals surface area contributed by atoms with Crippen LogP contribution in [0.3, 0.4) is 0 Å². The Kier molecular flexibility index (Phi) is 5.22. The number of hydrogen-bond donors (Lipinski definition) is 0. The number of rotatable bonds is 5. The van der Waals surface area contributed by atoms with Crippen LogP contribution in [0.15, 0.2) is 18.6 Å². The molecular weight excluding hydrogens is 335 g/mol. The Labute approximate surface area is 142 Å². The molecule has 0 bridgehead atoms. The number of hydrogen-bond acceptors (Lipinski definition) is 4. The summed E-state index contributed by atoms with van der Waals surface area (Å²) in [5, 5.41) is 4.41. The molecule has 2 aromatic rings. The van der Waals surface area contributed by atoms with E-state index >= 15 is 0 Å². The Morgan fingerprint density at radius 3 is 2.65 bits per heavy atom. The zero-order valence-electron chi connectivity index (χ0n) is 14.1. The Bertz CT molecular complexity index is 684. The van der Waals surface area contributed by atoms with Crippen LogP contribution < -0.4 is 0 Å². The predicted octanol–water partition coefficient (Wildman–Crippen LogP) is 4.15. The zero-order valence-corrected chi connectivity index (χ0v) is 15.9. The monoisotopic (exact) mass is 356 g/mol. The minimum Gasteiger partial charge on any atom is -0.415 e. The maximum absolute atomic E-state index is 13.8. The van der Waals surface area contributed by atoms with Gasteiger partial charge in [-0.05, 0) is 29.7 Å². The lowest BCUT2D eigenvalue weighted by atomic mass is 10.2. The van der Waals surface area contributed by atoms with Gasteiger partial charge in [-0.1, -0.05) is 20.8 Å². The molecule has 0 atom stereocenters. The summed E-state index contributed by atoms with van der Waals surface area (Å²) in [6, 6.07) is 0. The fraction of sp³-hybridized carbons (Fsp3) is 0.533. The molecule has 0 aromatic carbocycles. The molecule has 2 aromatic heterocycles. The summed E-state index contributed by atoms with van der Waals surface area (Å²) < 4.78 is 21.6. The second kappa shape index (κ2) is 6.66. The molecular formula is C15H22ClFN4OSi. The van der Waals surface area contributed by atoms with Gasteiger partial charge in [-0.2, -0.15) is 5.10 Å². The topological polar surface area (TPSA) is 52.8 Å². The van der Waals surface area contributed by atoms with E-state index in [0.29, 0.717) is 18.7 Å². The van der Waals surface area contributed by atoms with E-state index in [9.17, 15) is 4.39 Å². The van der Waals surface area contributed by atoms with Crippen LogP contribution in [0.25, 0.3) is 11.3 Å². The van der Waals surface area contributed by atoms with Gasteiger partial charge in [0.15, 0.2) is 14.1 Å². The van der Waals surface area contributed by atoms with Gasteiger partial charge in [0.2, 0.25) is 5.28 Å². The van der Waals surface area contributed by atoms with Crippen molar-refractivity contribution in [2.24, 2.45) is 0 Å². The van der Waals surface area contributed by atoms with Crippen LogP contribution >= 0.6 is 11.6 Å². The maximum atomic E-state index is 13.8. The van der Waals surface area contributed by atoms with Crippen molar-refractivity contribution in [3.63, 3.8) is 0 Å². The standard InChI is InChI=1S/C15H22ClFN4OSi/c1-15(2,3)23(4,5)22-7-6-21-10-11(8-19-21)13-12(17)9-18-14(16)20-13/h8-10H,6-7H2,1-5H3. The van der Waals surface area contributed by atoms with E-state index in [0.717, 1.165) is 6.20 Å². The summed E-state index contributed by atoms with van der Waals surface area (Å²) in [6.45, 7) is 12.2. The van der Waals surface area contributed by atoms with Crippen LogP contribution in [0.1, 0.15) is 20.8 Å². The summed E-state index contributed by atoms with van der Waals surface area (Å²) in [5.74, 6) is -0.522. The lowest BCUT2D eigenvalue weighted by Gasteiger charge is -2.36. The van der Waals surface area contributed by atoms with E-state index < -0.39 is 14.1 Å². The second-order valence-corrected chi connectivity index (χ2v) is 12.1. The molecule has 0 saturated heterocycles. The van der Waals surface area contributed by atoms with Crippen molar-refractivity contribution in [1.29, 1.82) is 0 Å². The highest BCUT2D eigenvalue weighted by Gasteiger charge is 2.36. The molecule has 0 aliphatic rings. The smallest absolute Gasteiger partial charge is 0.223 e. The van der Waals surface area contributed by atoms with Crippen LogP contribution in [-0.2, 0) is 11.0 Å². The number of nitrogens with zero attached hydrogens (tertiary/aromatic N) is 4. The van der Waals surface area contributed by atoms with Crippen LogP contribution in [0.5, 0.6) is 0 Å². The summed E-state index contributed by atoms with van der Waals surface area (Å²) in [5.41, 5.74) is 0.723. The van der Waals surface area contributed by atoms with E-state index in [1.165, 1.54) is 0 Å². The van der Waals surface area contributed by atoms with E-state index in [1.807, 2.05) is 0 Å². The average Bonchev–Trinajstić information content (AvgIpc) is 2.88. The molecule has 0 unspecified atom stereocenters. The normalized spacial score (nSPS) is 12.7. The molecule has 0 saturated carbocycles. The Morgan fingerprint density at radius 1 is 1.30 bits per heavy atom. The van der Waals surface area contributed by atoms with Crippen LogP contribution in [-0.4, -0.2) is 34.7 Å². The molecule has 0 aliphatic carbocycles. The fourth-order valence-electron chi connectivity index (χ4n) is 1.77. The average molecular weight is 357 g/mol. The molecule has 0 radical (unpaired) electrons. The minimum atomic E-state index is -1.77. The van der Waals surface area contributed by atoms with Crippen molar-refractivity contribution in [1.82, 2.24) is 19.7 Å². The van der Waals surface area contributed by atoms with Crippen molar-refractivity contribution in [3.05, 3.63) is 29.7 Å². The van der Waals surface area contributed by atoms with Gasteiger partial charge < -0.3 is 4.43 Å². The minimum absolute atomic E-state index is 0.00964. The summed E-state index contributed by atoms with van der Waals surface area (Å²) in [6.07, 6.45) is 4.35. The first kappa shape index (κ1) is 18.0. The highest BCUT2D eigenvalue weighted by molar-refractivity contribution is 6.74. The van der Waals surface area contributed by atoms with Gasteiger partial charge in [0.05, 0.1) is 25.5 Å². The molecule has 0 N–H and O–H groups in total. The SMILES string of the molecule is CC(C)(C)[Si](C)(C)OCCn1cc(-c2nc(Cl)ncc2F)cn1. The first-order valence-corrected chi connectivity index (χ1v) is 10.7. The maximum Gasteiger partial charge on any atom is 0.223 e. The third-order valence-corrected chi connectivity index (χ3v) is 8.93. The van der Waals surface area contributed by atoms with E-state index in [2.05, 4.69) is 48.9 Å². The molecule has 0 spiro atoms. The first-order valence-electron chi connectivity index (χ1n) is 7.45. The van der Waals surface area contributed by atoms with Crippen molar-refractivity contribution in [2.45, 2.75) is 45.4 Å². The fourth-order valence-corrected chi connectivity index (χ4v) is 2.93. The van der Waals surface area contributed by atoms with Crippen molar-refractivity contribution >= 4 is 19.9 Å². The van der Waals surface area contributed by atoms with Crippen molar-refractivity contribution in [3.8, 4) is 11.3 Å². The lowest BCUT2D eigenvalue weighted by molar-refractivity contribution is 0.266. The van der Waals surface area contributed by atoms with Gasteiger partial charge in [0.25, 0.3) is 0 Å². The molecule has 0 amide bonds. The highest BCUT2D eigenvalue weighted by atomic mass is 35.5. The van der Waals surface area contributed by atoms with E-state index in [4.69, 9.17) is 16.0 Å². The van der Waals surface area contributed by atoms with Gasteiger partial charge in [0.1, 0.15) is 5.69 Å². The largest absolute Gasteiger partial charge is 0.415 e. The predicted molar refractivity (Wildman–Crippen MR) is 91.4 cm³/mol. The second-order valence-electron chi connectivity index (χ2n) is 6.94. The molecule has 2 heterocycles. The summed E-state index contributed by atoms with van der Waals surface area (Å²) >= 11 is 5.72. The molecule has 126 valence electrons. The number of halogens is 2. The molecule has 0 fully saturated rings. The first-order chi connectivity index (χ1) is 10.6. The lowest BCUT2D eigenvalue weighted by Crippen LogP contribution is -2.41. The summed E-state index contributed by atoms with van der Waals surface area (Å²) in [4.78, 5) is 7.52. The highest BCUT2D eigenvalue weighted by Crippen LogP contribution is 2.36. The number of aromatic nitrogens is 4. The van der Waals surface area contributed by atoms with Gasteiger partial charge in [0, 0.05) is 11.8 Å². The Balaban J connectivity index is 2.02. The zero-order chi connectivity index (χ0) is 17.3. The van der Waals surface area contributed by atoms with E-state index in [1.54, 1.807) is 17.1 Å². The van der Waals surface area contributed by atoms with Gasteiger partial charge in [-0.25, -0.2) is 14.4 Å². The molecule has 8 heteroatoms. The van der Waals surface area contributed by atoms with Gasteiger partial charge in [-0.3, -0.25) is 4.68 Å². The van der Waals surface area contributed by atoms with Crippen molar-refractivity contribution < 1.29 is 8.82 Å². The Hall–Kier alpha value is -1.31. The van der Waals surface area contributed by atoms with Crippen LogP contribution in [0.2, 0.25) is 23.4 Å². The van der Waals surface area contributed by atoms with Crippen LogP contribution in [0.4, 0.5) is 4.39 Å². The third-order valence-electron chi connectivity index (χ3n) is 4.21. The molecule has 0 aliphatic heterocycles. The Morgan fingerprint density at radius 2 is 2.00 bits per heavy atom. The van der Waals surface area contributed by atoms with Gasteiger partial charge >= 0.3 is 0 Å². The van der Waals surface area contributed by atoms with Crippen molar-refractivity contribution in [2.75, 3.05) is 6.61 Å². The molecule has 5 nitrogen and oxygen atoms in total. The summed E-state index contributed by atoms with van der Waals surface area (Å²) in [7, 11) is -1.77. The van der Waals surface area contributed by atoms with Crippen LogP contribution in [0, 0.1) is 5.82 Å². The third kappa shape index (κ3) is 4.36. The van der Waals surface area contributed by atoms with Gasteiger partial charge in [-0.15, -0.1) is 0 Å². The van der Waals surface area contributed by atoms with E-state index in [-0.39, 0.29) is 16.0 Å². The quantitative estimate of drug-likeness (QED) is 0.596. The molecule has 2 rings (SSSR count).